The minimum absolute atomic E-state index is 0.106. The summed E-state index contributed by atoms with van der Waals surface area (Å²) in [6.45, 7) is 11.4. The second-order valence-corrected chi connectivity index (χ2v) is 10.6. The molecular formula is C31H40N2O4. The van der Waals surface area contributed by atoms with E-state index in [1.807, 2.05) is 54.6 Å². The van der Waals surface area contributed by atoms with Crippen LogP contribution in [0.2, 0.25) is 0 Å². The molecular weight excluding hydrogens is 464 g/mol. The lowest BCUT2D eigenvalue weighted by Crippen LogP contribution is -2.49. The number of para-hydroxylation sites is 2. The van der Waals surface area contributed by atoms with E-state index in [9.17, 15) is 5.11 Å². The van der Waals surface area contributed by atoms with Gasteiger partial charge in [-0.3, -0.25) is 4.90 Å². The Hall–Kier alpha value is -3.22. The number of aliphatic hydroxyl groups is 1. The molecule has 0 radical (unpaired) electrons. The molecule has 1 N–H and O–H groups in total. The van der Waals surface area contributed by atoms with Crippen LogP contribution < -0.4 is 19.1 Å². The van der Waals surface area contributed by atoms with Gasteiger partial charge in [0.15, 0.2) is 0 Å². The Morgan fingerprint density at radius 3 is 2.24 bits per heavy atom. The van der Waals surface area contributed by atoms with Crippen LogP contribution in [0.15, 0.2) is 72.8 Å². The van der Waals surface area contributed by atoms with E-state index in [1.54, 1.807) is 7.11 Å². The lowest BCUT2D eigenvalue weighted by atomic mass is 9.86. The summed E-state index contributed by atoms with van der Waals surface area (Å²) in [5.41, 5.74) is 3.24. The van der Waals surface area contributed by atoms with Gasteiger partial charge in [-0.05, 0) is 41.3 Å². The lowest BCUT2D eigenvalue weighted by molar-refractivity contribution is 0.0662. The second kappa shape index (κ2) is 12.3. The van der Waals surface area contributed by atoms with Gasteiger partial charge in [0.05, 0.1) is 12.8 Å². The maximum Gasteiger partial charge on any atom is 0.142 e. The molecule has 1 aliphatic rings. The van der Waals surface area contributed by atoms with E-state index in [2.05, 4.69) is 48.8 Å². The fourth-order valence-corrected chi connectivity index (χ4v) is 4.65. The summed E-state index contributed by atoms with van der Waals surface area (Å²) in [6.07, 6.45) is -0.565. The van der Waals surface area contributed by atoms with Crippen molar-refractivity contribution in [3.63, 3.8) is 0 Å². The van der Waals surface area contributed by atoms with Gasteiger partial charge in [0.2, 0.25) is 0 Å². The Balaban J connectivity index is 1.28. The number of hydrogen-bond donors (Lipinski definition) is 1. The summed E-state index contributed by atoms with van der Waals surface area (Å²) < 4.78 is 17.7. The molecule has 1 unspecified atom stereocenters. The highest BCUT2D eigenvalue weighted by Crippen LogP contribution is 2.35. The molecule has 1 aliphatic heterocycles. The van der Waals surface area contributed by atoms with Gasteiger partial charge in [0.25, 0.3) is 0 Å². The van der Waals surface area contributed by atoms with Crippen molar-refractivity contribution in [3.8, 4) is 17.2 Å². The van der Waals surface area contributed by atoms with Crippen LogP contribution in [-0.4, -0.2) is 62.6 Å². The standard InChI is InChI=1S/C31H40N2O4/c1-31(2,3)27-20-26(14-15-29(27)37-22-24-10-6-5-7-11-24)36-23-25(34)21-32-16-18-33(19-17-32)28-12-8-9-13-30(28)35-4/h5-15,20,25,34H,16-19,21-23H2,1-4H3. The van der Waals surface area contributed by atoms with Crippen molar-refractivity contribution in [2.45, 2.75) is 38.9 Å². The Labute approximate surface area is 221 Å². The Morgan fingerprint density at radius 2 is 1.54 bits per heavy atom. The third-order valence-corrected chi connectivity index (χ3v) is 6.71. The van der Waals surface area contributed by atoms with E-state index in [-0.39, 0.29) is 12.0 Å². The van der Waals surface area contributed by atoms with E-state index in [0.29, 0.717) is 13.2 Å². The van der Waals surface area contributed by atoms with Gasteiger partial charge in [-0.2, -0.15) is 0 Å². The molecule has 4 rings (SSSR count). The van der Waals surface area contributed by atoms with Gasteiger partial charge < -0.3 is 24.2 Å². The molecule has 1 saturated heterocycles. The van der Waals surface area contributed by atoms with E-state index in [4.69, 9.17) is 14.2 Å². The quantitative estimate of drug-likeness (QED) is 0.413. The van der Waals surface area contributed by atoms with Crippen LogP contribution in [0.3, 0.4) is 0 Å². The zero-order chi connectivity index (χ0) is 26.3. The molecule has 3 aromatic rings. The number of anilines is 1. The van der Waals surface area contributed by atoms with Crippen molar-refractivity contribution in [1.82, 2.24) is 4.90 Å². The molecule has 0 saturated carbocycles. The smallest absolute Gasteiger partial charge is 0.142 e. The van der Waals surface area contributed by atoms with Crippen LogP contribution in [0, 0.1) is 0 Å². The molecule has 3 aromatic carbocycles. The van der Waals surface area contributed by atoms with Crippen molar-refractivity contribution in [3.05, 3.63) is 83.9 Å². The van der Waals surface area contributed by atoms with Crippen LogP contribution in [0.5, 0.6) is 17.2 Å². The molecule has 0 aliphatic carbocycles. The fourth-order valence-electron chi connectivity index (χ4n) is 4.65. The minimum Gasteiger partial charge on any atom is -0.495 e. The van der Waals surface area contributed by atoms with Gasteiger partial charge in [0.1, 0.15) is 36.6 Å². The summed E-state index contributed by atoms with van der Waals surface area (Å²) >= 11 is 0. The molecule has 0 bridgehead atoms. The zero-order valence-electron chi connectivity index (χ0n) is 22.5. The van der Waals surface area contributed by atoms with Crippen molar-refractivity contribution < 1.29 is 19.3 Å². The molecule has 0 amide bonds. The predicted molar refractivity (Wildman–Crippen MR) is 149 cm³/mol. The molecule has 0 spiro atoms. The van der Waals surface area contributed by atoms with Crippen molar-refractivity contribution in [1.29, 1.82) is 0 Å². The number of hydrogen-bond acceptors (Lipinski definition) is 6. The molecule has 198 valence electrons. The zero-order valence-corrected chi connectivity index (χ0v) is 22.5. The van der Waals surface area contributed by atoms with Crippen molar-refractivity contribution >= 4 is 5.69 Å². The molecule has 6 heteroatoms. The largest absolute Gasteiger partial charge is 0.495 e. The topological polar surface area (TPSA) is 54.4 Å². The minimum atomic E-state index is -0.565. The summed E-state index contributed by atoms with van der Waals surface area (Å²) in [6, 6.07) is 24.2. The van der Waals surface area contributed by atoms with E-state index in [0.717, 1.165) is 60.2 Å². The lowest BCUT2D eigenvalue weighted by Gasteiger charge is -2.37. The summed E-state index contributed by atoms with van der Waals surface area (Å²) in [5, 5.41) is 10.7. The van der Waals surface area contributed by atoms with Gasteiger partial charge in [-0.25, -0.2) is 0 Å². The predicted octanol–water partition coefficient (Wildman–Crippen LogP) is 5.13. The SMILES string of the molecule is COc1ccccc1N1CCN(CC(O)COc2ccc(OCc3ccccc3)c(C(C)(C)C)c2)CC1. The molecule has 1 fully saturated rings. The third kappa shape index (κ3) is 7.40. The molecule has 1 atom stereocenters. The highest BCUT2D eigenvalue weighted by atomic mass is 16.5. The van der Waals surface area contributed by atoms with E-state index < -0.39 is 6.10 Å². The van der Waals surface area contributed by atoms with Gasteiger partial charge in [0, 0.05) is 38.3 Å². The summed E-state index contributed by atoms with van der Waals surface area (Å²) in [7, 11) is 1.71. The number of rotatable bonds is 10. The number of β-amino-alcohol motifs (C(OH)–C–C–N with tert-alkyl or cyclic N) is 1. The second-order valence-electron chi connectivity index (χ2n) is 10.6. The van der Waals surface area contributed by atoms with Crippen molar-refractivity contribution in [2.75, 3.05) is 51.3 Å². The Morgan fingerprint density at radius 1 is 0.838 bits per heavy atom. The average Bonchev–Trinajstić information content (AvgIpc) is 2.91. The first-order valence-corrected chi connectivity index (χ1v) is 13.1. The van der Waals surface area contributed by atoms with Gasteiger partial charge in [-0.15, -0.1) is 0 Å². The number of piperazine rings is 1. The highest BCUT2D eigenvalue weighted by molar-refractivity contribution is 5.58. The van der Waals surface area contributed by atoms with Crippen LogP contribution in [0.1, 0.15) is 31.9 Å². The van der Waals surface area contributed by atoms with E-state index >= 15 is 0 Å². The normalized spacial score (nSPS) is 15.3. The Kier molecular flexibility index (Phi) is 8.95. The highest BCUT2D eigenvalue weighted by Gasteiger charge is 2.23. The molecule has 37 heavy (non-hydrogen) atoms. The number of methoxy groups -OCH3 is 1. The first kappa shape index (κ1) is 26.8. The maximum atomic E-state index is 10.7. The monoisotopic (exact) mass is 504 g/mol. The molecule has 0 aromatic heterocycles. The van der Waals surface area contributed by atoms with Crippen LogP contribution in [-0.2, 0) is 12.0 Å². The first-order valence-electron chi connectivity index (χ1n) is 13.1. The first-order chi connectivity index (χ1) is 17.8. The van der Waals surface area contributed by atoms with E-state index in [1.165, 1.54) is 0 Å². The van der Waals surface area contributed by atoms with Crippen LogP contribution >= 0.6 is 0 Å². The third-order valence-electron chi connectivity index (χ3n) is 6.71. The fraction of sp³-hybridized carbons (Fsp3) is 0.419. The summed E-state index contributed by atoms with van der Waals surface area (Å²) in [5.74, 6) is 2.50. The van der Waals surface area contributed by atoms with Crippen LogP contribution in [0.25, 0.3) is 0 Å². The average molecular weight is 505 g/mol. The number of aliphatic hydroxyl groups excluding tert-OH is 1. The molecule has 6 nitrogen and oxygen atoms in total. The maximum absolute atomic E-state index is 10.7. The van der Waals surface area contributed by atoms with Crippen LogP contribution in [0.4, 0.5) is 5.69 Å². The number of ether oxygens (including phenoxy) is 3. The number of benzene rings is 3. The van der Waals surface area contributed by atoms with Gasteiger partial charge in [-0.1, -0.05) is 63.2 Å². The Bertz CT molecular complexity index is 1120. The van der Waals surface area contributed by atoms with Crippen molar-refractivity contribution in [2.24, 2.45) is 0 Å². The molecule has 1 heterocycles. The van der Waals surface area contributed by atoms with Gasteiger partial charge >= 0.3 is 0 Å². The number of nitrogens with zero attached hydrogens (tertiary/aromatic N) is 2. The summed E-state index contributed by atoms with van der Waals surface area (Å²) in [4.78, 5) is 4.63.